The van der Waals surface area contributed by atoms with Crippen molar-refractivity contribution in [3.8, 4) is 11.5 Å². The lowest BCUT2D eigenvalue weighted by Gasteiger charge is -2.46. The van der Waals surface area contributed by atoms with E-state index in [1.807, 2.05) is 13.8 Å². The molecule has 8 nitrogen and oxygen atoms in total. The lowest BCUT2D eigenvalue weighted by atomic mass is 9.79. The van der Waals surface area contributed by atoms with Crippen LogP contribution in [0.25, 0.3) is 16.5 Å². The highest BCUT2D eigenvalue weighted by Gasteiger charge is 2.57. The zero-order valence-electron chi connectivity index (χ0n) is 18.5. The maximum Gasteiger partial charge on any atom is 0.509 e. The highest BCUT2D eigenvalue weighted by atomic mass is 16.8. The first-order valence-electron chi connectivity index (χ1n) is 10.3. The summed E-state index contributed by atoms with van der Waals surface area (Å²) in [6.07, 6.45) is -0.797. The van der Waals surface area contributed by atoms with Crippen molar-refractivity contribution in [1.29, 1.82) is 0 Å². The standard InChI is InChI=1S/C24H26O8/c1-7-10-24(6)13(5)19-20(31-23(27)30-19)22(32-24)28-15-9-8-14-17(25)16(11(2)3)21(26)29-18(14)12(15)4/h7-9,13,19-20,22,25H,1-2,10H2,3-6H3/t13-,19-,20-,22?,24+/m1/s1. The van der Waals surface area contributed by atoms with Crippen molar-refractivity contribution in [1.82, 2.24) is 0 Å². The highest BCUT2D eigenvalue weighted by Crippen LogP contribution is 2.43. The van der Waals surface area contributed by atoms with Gasteiger partial charge in [-0.2, -0.15) is 0 Å². The first-order chi connectivity index (χ1) is 15.1. The van der Waals surface area contributed by atoms with Gasteiger partial charge in [0.2, 0.25) is 12.4 Å². The van der Waals surface area contributed by atoms with E-state index in [0.717, 1.165) is 0 Å². The molecule has 0 spiro atoms. The number of rotatable bonds is 5. The van der Waals surface area contributed by atoms with Crippen molar-refractivity contribution in [3.05, 3.63) is 52.9 Å². The molecule has 2 fully saturated rings. The number of benzene rings is 1. The van der Waals surface area contributed by atoms with E-state index in [2.05, 4.69) is 13.2 Å². The molecule has 0 saturated carbocycles. The quantitative estimate of drug-likeness (QED) is 0.411. The molecule has 2 aromatic rings. The van der Waals surface area contributed by atoms with Gasteiger partial charge in [-0.05, 0) is 44.9 Å². The minimum absolute atomic E-state index is 0.0354. The van der Waals surface area contributed by atoms with E-state index in [9.17, 15) is 14.7 Å². The molecule has 4 rings (SSSR count). The van der Waals surface area contributed by atoms with Gasteiger partial charge in [-0.1, -0.05) is 19.6 Å². The SMILES string of the molecule is C=CC[C@]1(C)OC(Oc2ccc3c(O)c(C(=C)C)c(=O)oc3c2C)[C@@H]2OC(=O)O[C@@H]2[C@H]1C. The second-order valence-electron chi connectivity index (χ2n) is 8.57. The third kappa shape index (κ3) is 3.35. The Morgan fingerprint density at radius 2 is 1.97 bits per heavy atom. The molecule has 0 aliphatic carbocycles. The molecule has 2 saturated heterocycles. The molecule has 0 radical (unpaired) electrons. The van der Waals surface area contributed by atoms with E-state index >= 15 is 0 Å². The van der Waals surface area contributed by atoms with E-state index in [1.165, 1.54) is 0 Å². The molecule has 1 unspecified atom stereocenters. The topological polar surface area (TPSA) is 104 Å². The van der Waals surface area contributed by atoms with E-state index < -0.39 is 35.9 Å². The van der Waals surface area contributed by atoms with Crippen LogP contribution in [-0.4, -0.2) is 35.4 Å². The fourth-order valence-corrected chi connectivity index (χ4v) is 4.38. The molecule has 0 bridgehead atoms. The Labute approximate surface area is 185 Å². The first kappa shape index (κ1) is 22.0. The van der Waals surface area contributed by atoms with Crippen LogP contribution in [0.2, 0.25) is 0 Å². The minimum atomic E-state index is -0.959. The summed E-state index contributed by atoms with van der Waals surface area (Å²) in [5.41, 5.74) is -0.290. The van der Waals surface area contributed by atoms with Crippen molar-refractivity contribution in [2.75, 3.05) is 0 Å². The van der Waals surface area contributed by atoms with Crippen molar-refractivity contribution in [2.45, 2.75) is 58.2 Å². The summed E-state index contributed by atoms with van der Waals surface area (Å²) in [6.45, 7) is 14.7. The second-order valence-corrected chi connectivity index (χ2v) is 8.57. The second kappa shape index (κ2) is 7.70. The van der Waals surface area contributed by atoms with Gasteiger partial charge < -0.3 is 28.5 Å². The van der Waals surface area contributed by atoms with Crippen molar-refractivity contribution >= 4 is 22.7 Å². The number of hydrogen-bond donors (Lipinski definition) is 1. The Morgan fingerprint density at radius 3 is 2.62 bits per heavy atom. The Morgan fingerprint density at radius 1 is 1.28 bits per heavy atom. The summed E-state index contributed by atoms with van der Waals surface area (Å²) in [5.74, 6) is -0.00625. The maximum absolute atomic E-state index is 12.4. The van der Waals surface area contributed by atoms with E-state index in [1.54, 1.807) is 32.1 Å². The summed E-state index contributed by atoms with van der Waals surface area (Å²) in [7, 11) is 0. The molecule has 1 aromatic heterocycles. The van der Waals surface area contributed by atoms with Crippen LogP contribution in [0.3, 0.4) is 0 Å². The Bertz CT molecular complexity index is 1180. The van der Waals surface area contributed by atoms with Gasteiger partial charge in [0.15, 0.2) is 6.10 Å². The fraction of sp³-hybridized carbons (Fsp3) is 0.417. The van der Waals surface area contributed by atoms with Crippen molar-refractivity contribution in [2.24, 2.45) is 5.92 Å². The van der Waals surface area contributed by atoms with E-state index in [-0.39, 0.29) is 22.8 Å². The number of allylic oxidation sites excluding steroid dienone is 1. The number of hydrogen-bond acceptors (Lipinski definition) is 8. The summed E-state index contributed by atoms with van der Waals surface area (Å²) >= 11 is 0. The van der Waals surface area contributed by atoms with Crippen molar-refractivity contribution in [3.63, 3.8) is 0 Å². The van der Waals surface area contributed by atoms with Gasteiger partial charge in [0.1, 0.15) is 22.6 Å². The first-order valence-corrected chi connectivity index (χ1v) is 10.3. The van der Waals surface area contributed by atoms with Crippen LogP contribution >= 0.6 is 0 Å². The molecular formula is C24H26O8. The fourth-order valence-electron chi connectivity index (χ4n) is 4.38. The maximum atomic E-state index is 12.4. The van der Waals surface area contributed by atoms with Crippen LogP contribution < -0.4 is 10.4 Å². The van der Waals surface area contributed by atoms with Crippen LogP contribution in [0.4, 0.5) is 4.79 Å². The molecule has 8 heteroatoms. The zero-order valence-corrected chi connectivity index (χ0v) is 18.5. The third-order valence-electron chi connectivity index (χ3n) is 6.36. The van der Waals surface area contributed by atoms with Crippen molar-refractivity contribution < 1.29 is 33.3 Å². The monoisotopic (exact) mass is 442 g/mol. The Balaban J connectivity index is 1.75. The molecule has 32 heavy (non-hydrogen) atoms. The van der Waals surface area contributed by atoms with Crippen LogP contribution in [0, 0.1) is 12.8 Å². The largest absolute Gasteiger partial charge is 0.509 e. The predicted octanol–water partition coefficient (Wildman–Crippen LogP) is 4.45. The summed E-state index contributed by atoms with van der Waals surface area (Å²) < 4.78 is 28.6. The zero-order chi connectivity index (χ0) is 23.4. The van der Waals surface area contributed by atoms with E-state index in [0.29, 0.717) is 28.7 Å². The molecule has 3 heterocycles. The van der Waals surface area contributed by atoms with Gasteiger partial charge in [0.25, 0.3) is 0 Å². The predicted molar refractivity (Wildman–Crippen MR) is 117 cm³/mol. The molecule has 2 aliphatic heterocycles. The number of carbonyl (C=O) groups is 1. The van der Waals surface area contributed by atoms with Gasteiger partial charge in [0, 0.05) is 11.5 Å². The van der Waals surface area contributed by atoms with Crippen LogP contribution in [0.15, 0.2) is 40.6 Å². The number of aryl methyl sites for hydroxylation is 1. The van der Waals surface area contributed by atoms with Crippen LogP contribution in [0.1, 0.15) is 38.3 Å². The highest BCUT2D eigenvalue weighted by molar-refractivity contribution is 5.91. The molecule has 5 atom stereocenters. The number of ether oxygens (including phenoxy) is 4. The molecule has 2 aliphatic rings. The molecule has 0 amide bonds. The van der Waals surface area contributed by atoms with Gasteiger partial charge in [-0.3, -0.25) is 0 Å². The number of carbonyl (C=O) groups excluding carboxylic acids is 1. The molecule has 1 N–H and O–H groups in total. The van der Waals surface area contributed by atoms with Crippen LogP contribution in [-0.2, 0) is 14.2 Å². The lowest BCUT2D eigenvalue weighted by Crippen LogP contribution is -2.59. The Kier molecular flexibility index (Phi) is 5.29. The summed E-state index contributed by atoms with van der Waals surface area (Å²) in [5, 5.41) is 10.9. The minimum Gasteiger partial charge on any atom is -0.506 e. The number of fused-ring (bicyclic) bond motifs is 2. The van der Waals surface area contributed by atoms with Gasteiger partial charge in [0.05, 0.1) is 11.0 Å². The summed E-state index contributed by atoms with van der Waals surface area (Å²) in [6, 6.07) is 3.23. The third-order valence-corrected chi connectivity index (χ3v) is 6.36. The molecule has 170 valence electrons. The summed E-state index contributed by atoms with van der Waals surface area (Å²) in [4.78, 5) is 24.3. The Hall–Kier alpha value is -3.26. The van der Waals surface area contributed by atoms with Gasteiger partial charge in [-0.15, -0.1) is 6.58 Å². The smallest absolute Gasteiger partial charge is 0.506 e. The molecule has 1 aromatic carbocycles. The normalized spacial score (nSPS) is 29.2. The lowest BCUT2D eigenvalue weighted by molar-refractivity contribution is -0.265. The van der Waals surface area contributed by atoms with Gasteiger partial charge in [-0.25, -0.2) is 9.59 Å². The van der Waals surface area contributed by atoms with Crippen LogP contribution in [0.5, 0.6) is 11.5 Å². The molecular weight excluding hydrogens is 416 g/mol. The van der Waals surface area contributed by atoms with Gasteiger partial charge >= 0.3 is 11.8 Å². The average molecular weight is 442 g/mol. The van der Waals surface area contributed by atoms with E-state index in [4.69, 9.17) is 23.4 Å². The average Bonchev–Trinajstić information content (AvgIpc) is 3.10. The number of aromatic hydroxyl groups is 1.